The zero-order chi connectivity index (χ0) is 20.5. The molecule has 1 aliphatic rings. The summed E-state index contributed by atoms with van der Waals surface area (Å²) < 4.78 is 4.87. The van der Waals surface area contributed by atoms with Crippen molar-refractivity contribution in [3.05, 3.63) is 41.5 Å². The summed E-state index contributed by atoms with van der Waals surface area (Å²) in [5, 5.41) is 2.58. The number of rotatable bonds is 5. The Morgan fingerprint density at radius 2 is 1.96 bits per heavy atom. The van der Waals surface area contributed by atoms with Gasteiger partial charge in [-0.15, -0.1) is 11.8 Å². The summed E-state index contributed by atoms with van der Waals surface area (Å²) in [5.74, 6) is 1.40. The van der Waals surface area contributed by atoms with Crippen LogP contribution in [-0.4, -0.2) is 29.1 Å². The van der Waals surface area contributed by atoms with Crippen molar-refractivity contribution in [1.29, 1.82) is 0 Å². The van der Waals surface area contributed by atoms with Gasteiger partial charge in [-0.3, -0.25) is 5.32 Å². The summed E-state index contributed by atoms with van der Waals surface area (Å²) in [7, 11) is 0. The lowest BCUT2D eigenvalue weighted by molar-refractivity contribution is 0.168. The Kier molecular flexibility index (Phi) is 8.32. The largest absolute Gasteiger partial charge is 0.450 e. The molecule has 3 rings (SSSR count). The smallest absolute Gasteiger partial charge is 0.412 e. The number of anilines is 2. The lowest BCUT2D eigenvalue weighted by Gasteiger charge is -2.18. The zero-order valence-electron chi connectivity index (χ0n) is 16.9. The van der Waals surface area contributed by atoms with E-state index in [4.69, 9.17) is 15.5 Å². The number of amides is 1. The number of hydrogen-bond donors (Lipinski definition) is 2. The fraction of sp³-hybridized carbons (Fsp3) is 0.381. The standard InChI is InChI=1S/C19H22N4O2S.C2H6/c1-3-5-12-6-8-13(9-7-12)14-11-26-15-10-16(23-19(24)25-4-2)22-18(20)17(15)21-14;1-2/h6-10H,3-5,11H2,1-2H3,(H3,20,22,23,24);1-2H3. The predicted octanol–water partition coefficient (Wildman–Crippen LogP) is 5.44. The van der Waals surface area contributed by atoms with Crippen LogP contribution in [-0.2, 0) is 11.2 Å². The molecule has 0 radical (unpaired) electrons. The second-order valence-electron chi connectivity index (χ2n) is 5.88. The van der Waals surface area contributed by atoms with Crippen molar-refractivity contribution in [2.45, 2.75) is 45.4 Å². The van der Waals surface area contributed by atoms with E-state index in [2.05, 4.69) is 41.5 Å². The van der Waals surface area contributed by atoms with Crippen LogP contribution in [0.25, 0.3) is 0 Å². The van der Waals surface area contributed by atoms with Gasteiger partial charge in [0.25, 0.3) is 0 Å². The molecule has 0 unspecified atom stereocenters. The molecule has 0 fully saturated rings. The minimum absolute atomic E-state index is 0.293. The van der Waals surface area contributed by atoms with E-state index in [-0.39, 0.29) is 0 Å². The van der Waals surface area contributed by atoms with E-state index in [1.54, 1.807) is 24.8 Å². The molecule has 7 heteroatoms. The van der Waals surface area contributed by atoms with E-state index in [0.29, 0.717) is 23.9 Å². The summed E-state index contributed by atoms with van der Waals surface area (Å²) in [4.78, 5) is 21.4. The molecule has 1 aromatic carbocycles. The molecule has 3 N–H and O–H groups in total. The van der Waals surface area contributed by atoms with Crippen LogP contribution < -0.4 is 11.1 Å². The number of aliphatic imine (C=N–C) groups is 1. The number of pyridine rings is 1. The number of benzene rings is 1. The summed E-state index contributed by atoms with van der Waals surface area (Å²) in [5.41, 5.74) is 10.1. The topological polar surface area (TPSA) is 89.6 Å². The fourth-order valence-corrected chi connectivity index (χ4v) is 3.71. The van der Waals surface area contributed by atoms with Crippen LogP contribution in [0.4, 0.5) is 22.1 Å². The van der Waals surface area contributed by atoms with Crippen LogP contribution in [0.15, 0.2) is 40.2 Å². The molecule has 1 aliphatic heterocycles. The molecule has 0 aliphatic carbocycles. The Morgan fingerprint density at radius 1 is 1.25 bits per heavy atom. The highest BCUT2D eigenvalue weighted by Crippen LogP contribution is 2.40. The van der Waals surface area contributed by atoms with Gasteiger partial charge in [-0.25, -0.2) is 14.8 Å². The van der Waals surface area contributed by atoms with Crippen LogP contribution in [0.2, 0.25) is 0 Å². The minimum Gasteiger partial charge on any atom is -0.450 e. The molecular weight excluding hydrogens is 372 g/mol. The molecule has 0 atom stereocenters. The molecule has 0 saturated heterocycles. The minimum atomic E-state index is -0.545. The van der Waals surface area contributed by atoms with Gasteiger partial charge in [-0.1, -0.05) is 51.5 Å². The third kappa shape index (κ3) is 5.48. The van der Waals surface area contributed by atoms with Gasteiger partial charge in [-0.2, -0.15) is 0 Å². The highest BCUT2D eigenvalue weighted by molar-refractivity contribution is 8.00. The maximum atomic E-state index is 11.6. The number of aryl methyl sites for hydroxylation is 1. The third-order valence-corrected chi connectivity index (χ3v) is 4.97. The van der Waals surface area contributed by atoms with Crippen LogP contribution in [0.5, 0.6) is 0 Å². The van der Waals surface area contributed by atoms with E-state index in [9.17, 15) is 4.79 Å². The van der Waals surface area contributed by atoms with Gasteiger partial charge in [0, 0.05) is 10.6 Å². The molecule has 6 nitrogen and oxygen atoms in total. The van der Waals surface area contributed by atoms with Crippen LogP contribution in [0.1, 0.15) is 45.2 Å². The lowest BCUT2D eigenvalue weighted by Crippen LogP contribution is -2.15. The highest BCUT2D eigenvalue weighted by Gasteiger charge is 2.19. The van der Waals surface area contributed by atoms with E-state index >= 15 is 0 Å². The van der Waals surface area contributed by atoms with Crippen molar-refractivity contribution in [2.24, 2.45) is 4.99 Å². The Balaban J connectivity index is 0.00000136. The number of thioether (sulfide) groups is 1. The number of aromatic nitrogens is 1. The zero-order valence-corrected chi connectivity index (χ0v) is 17.7. The van der Waals surface area contributed by atoms with Gasteiger partial charge in [0.1, 0.15) is 11.5 Å². The Bertz CT molecular complexity index is 835. The van der Waals surface area contributed by atoms with Gasteiger partial charge >= 0.3 is 6.09 Å². The van der Waals surface area contributed by atoms with E-state index in [0.717, 1.165) is 34.8 Å². The molecule has 0 bridgehead atoms. The van der Waals surface area contributed by atoms with Gasteiger partial charge in [-0.05, 0) is 30.5 Å². The summed E-state index contributed by atoms with van der Waals surface area (Å²) in [6.07, 6.45) is 1.67. The predicted molar refractivity (Wildman–Crippen MR) is 118 cm³/mol. The second-order valence-corrected chi connectivity index (χ2v) is 6.90. The monoisotopic (exact) mass is 400 g/mol. The van der Waals surface area contributed by atoms with Gasteiger partial charge < -0.3 is 10.5 Å². The van der Waals surface area contributed by atoms with Gasteiger partial charge in [0.05, 0.1) is 12.3 Å². The summed E-state index contributed by atoms with van der Waals surface area (Å²) in [6, 6.07) is 10.3. The van der Waals surface area contributed by atoms with Crippen molar-refractivity contribution in [1.82, 2.24) is 4.98 Å². The summed E-state index contributed by atoms with van der Waals surface area (Å²) >= 11 is 1.63. The molecule has 1 aromatic heterocycles. The number of nitrogens with one attached hydrogen (secondary N) is 1. The quantitative estimate of drug-likeness (QED) is 0.698. The molecule has 0 spiro atoms. The SMILES string of the molecule is CC.CCCc1ccc(C2=Nc3c(cc(NC(=O)OCC)nc3N)SC2)cc1. The Hall–Kier alpha value is -2.54. The third-order valence-electron chi connectivity index (χ3n) is 3.93. The maximum absolute atomic E-state index is 11.6. The van der Waals surface area contributed by atoms with E-state index in [1.807, 2.05) is 13.8 Å². The first-order valence-corrected chi connectivity index (χ1v) is 10.6. The number of ether oxygens (including phenoxy) is 1. The van der Waals surface area contributed by atoms with Crippen LogP contribution in [0.3, 0.4) is 0 Å². The molecule has 0 saturated carbocycles. The Morgan fingerprint density at radius 3 is 2.61 bits per heavy atom. The van der Waals surface area contributed by atoms with Crippen molar-refractivity contribution in [3.8, 4) is 0 Å². The number of nitrogens with zero attached hydrogens (tertiary/aromatic N) is 2. The molecule has 28 heavy (non-hydrogen) atoms. The van der Waals surface area contributed by atoms with Crippen LogP contribution >= 0.6 is 11.8 Å². The average molecular weight is 401 g/mol. The first-order valence-electron chi connectivity index (χ1n) is 9.64. The first kappa shape index (κ1) is 21.8. The first-order chi connectivity index (χ1) is 13.6. The van der Waals surface area contributed by atoms with Crippen molar-refractivity contribution < 1.29 is 9.53 Å². The fourth-order valence-electron chi connectivity index (χ4n) is 2.71. The number of nitrogen functional groups attached to an aromatic ring is 1. The average Bonchev–Trinajstić information content (AvgIpc) is 2.70. The van der Waals surface area contributed by atoms with Crippen molar-refractivity contribution in [3.63, 3.8) is 0 Å². The normalized spacial score (nSPS) is 12.2. The number of nitrogens with two attached hydrogens (primary N) is 1. The second kappa shape index (κ2) is 10.7. The maximum Gasteiger partial charge on any atom is 0.412 e. The lowest BCUT2D eigenvalue weighted by atomic mass is 10.1. The van der Waals surface area contributed by atoms with E-state index < -0.39 is 6.09 Å². The highest BCUT2D eigenvalue weighted by atomic mass is 32.2. The molecule has 2 heterocycles. The molecule has 150 valence electrons. The Labute approximate surface area is 171 Å². The molecule has 2 aromatic rings. The van der Waals surface area contributed by atoms with Crippen molar-refractivity contribution in [2.75, 3.05) is 23.4 Å². The number of fused-ring (bicyclic) bond motifs is 1. The van der Waals surface area contributed by atoms with Gasteiger partial charge in [0.15, 0.2) is 5.82 Å². The van der Waals surface area contributed by atoms with Crippen LogP contribution in [0, 0.1) is 0 Å². The van der Waals surface area contributed by atoms with Crippen molar-refractivity contribution >= 4 is 40.9 Å². The van der Waals surface area contributed by atoms with Gasteiger partial charge in [0.2, 0.25) is 0 Å². The van der Waals surface area contributed by atoms with E-state index in [1.165, 1.54) is 5.56 Å². The summed E-state index contributed by atoms with van der Waals surface area (Å²) in [6.45, 7) is 8.22. The number of carbonyl (C=O) groups excluding carboxylic acids is 1. The molecular formula is C21H28N4O2S. The number of hydrogen-bond acceptors (Lipinski definition) is 6. The molecule has 1 amide bonds. The number of carbonyl (C=O) groups is 1.